The summed E-state index contributed by atoms with van der Waals surface area (Å²) in [6.07, 6.45) is 14.4. The first-order chi connectivity index (χ1) is 16.4. The Bertz CT molecular complexity index is 1180. The Labute approximate surface area is 205 Å². The lowest BCUT2D eigenvalue weighted by Gasteiger charge is -2.19. The summed E-state index contributed by atoms with van der Waals surface area (Å²) >= 11 is 0. The van der Waals surface area contributed by atoms with Crippen molar-refractivity contribution in [2.75, 3.05) is 0 Å². The summed E-state index contributed by atoms with van der Waals surface area (Å²) in [4.78, 5) is 0. The highest BCUT2D eigenvalue weighted by atomic mass is 15.3. The summed E-state index contributed by atoms with van der Waals surface area (Å²) in [5.74, 6) is 1.82. The average Bonchev–Trinajstić information content (AvgIpc) is 3.26. The van der Waals surface area contributed by atoms with Crippen molar-refractivity contribution in [1.29, 1.82) is 0 Å². The SMILES string of the molecule is C/C=C\C=C(/CC)n1c(C/C=C\C(=C/C)c2ccccc2)nnc1-c1ccc(C(C)(C)C)cc1. The molecule has 176 valence electrons. The van der Waals surface area contributed by atoms with Gasteiger partial charge in [0.2, 0.25) is 0 Å². The molecule has 0 atom stereocenters. The second-order valence-electron chi connectivity index (χ2n) is 9.36. The van der Waals surface area contributed by atoms with E-state index in [0.29, 0.717) is 6.42 Å². The molecule has 34 heavy (non-hydrogen) atoms. The monoisotopic (exact) mass is 451 g/mol. The Kier molecular flexibility index (Phi) is 8.59. The van der Waals surface area contributed by atoms with Gasteiger partial charge >= 0.3 is 0 Å². The number of hydrogen-bond donors (Lipinski definition) is 0. The van der Waals surface area contributed by atoms with Crippen molar-refractivity contribution in [3.05, 3.63) is 108 Å². The number of benzene rings is 2. The zero-order chi connectivity index (χ0) is 24.6. The van der Waals surface area contributed by atoms with E-state index in [4.69, 9.17) is 0 Å². The molecule has 0 radical (unpaired) electrons. The van der Waals surface area contributed by atoms with E-state index in [1.807, 2.05) is 13.0 Å². The largest absolute Gasteiger partial charge is 0.283 e. The molecule has 0 amide bonds. The summed E-state index contributed by atoms with van der Waals surface area (Å²) < 4.78 is 2.22. The standard InChI is InChI=1S/C31H37N3/c1-7-10-18-28(9-3)34-29(19-14-17-24(8-2)25-15-12-11-13-16-25)32-33-30(34)26-20-22-27(23-21-26)31(4,5)6/h7-8,10-18,20-23H,9,19H2,1-6H3/b10-7-,17-14-,24-8+,28-18+. The molecule has 0 spiro atoms. The van der Waals surface area contributed by atoms with E-state index in [0.717, 1.165) is 23.6 Å². The Hall–Kier alpha value is -3.46. The molecule has 1 aromatic heterocycles. The van der Waals surface area contributed by atoms with E-state index >= 15 is 0 Å². The van der Waals surface area contributed by atoms with Gasteiger partial charge < -0.3 is 0 Å². The van der Waals surface area contributed by atoms with Gasteiger partial charge in [0.25, 0.3) is 0 Å². The first kappa shape index (κ1) is 25.2. The second-order valence-corrected chi connectivity index (χ2v) is 9.36. The highest BCUT2D eigenvalue weighted by Gasteiger charge is 2.18. The van der Waals surface area contributed by atoms with E-state index in [1.165, 1.54) is 22.4 Å². The van der Waals surface area contributed by atoms with Gasteiger partial charge in [0.1, 0.15) is 5.82 Å². The fourth-order valence-electron chi connectivity index (χ4n) is 3.90. The molecular formula is C31H37N3. The van der Waals surface area contributed by atoms with Gasteiger partial charge in [-0.15, -0.1) is 10.2 Å². The van der Waals surface area contributed by atoms with Crippen molar-refractivity contribution in [3.63, 3.8) is 0 Å². The zero-order valence-corrected chi connectivity index (χ0v) is 21.4. The van der Waals surface area contributed by atoms with Gasteiger partial charge in [0.15, 0.2) is 5.82 Å². The molecule has 0 fully saturated rings. The molecule has 0 saturated carbocycles. The number of allylic oxidation sites excluding steroid dienone is 8. The van der Waals surface area contributed by atoms with Crippen molar-refractivity contribution >= 4 is 11.3 Å². The maximum atomic E-state index is 4.63. The minimum Gasteiger partial charge on any atom is -0.283 e. The third-order valence-electron chi connectivity index (χ3n) is 5.89. The number of nitrogens with zero attached hydrogens (tertiary/aromatic N) is 3. The summed E-state index contributed by atoms with van der Waals surface area (Å²) in [5.41, 5.74) is 6.09. The molecule has 0 aliphatic rings. The second kappa shape index (κ2) is 11.6. The average molecular weight is 452 g/mol. The van der Waals surface area contributed by atoms with E-state index < -0.39 is 0 Å². The first-order valence-electron chi connectivity index (χ1n) is 12.1. The van der Waals surface area contributed by atoms with E-state index in [9.17, 15) is 0 Å². The Balaban J connectivity index is 1.99. The summed E-state index contributed by atoms with van der Waals surface area (Å²) in [5, 5.41) is 9.24. The molecule has 0 aliphatic heterocycles. The highest BCUT2D eigenvalue weighted by Crippen LogP contribution is 2.28. The lowest BCUT2D eigenvalue weighted by Crippen LogP contribution is -2.10. The van der Waals surface area contributed by atoms with Crippen LogP contribution in [-0.2, 0) is 11.8 Å². The molecule has 3 rings (SSSR count). The predicted molar refractivity (Wildman–Crippen MR) is 146 cm³/mol. The van der Waals surface area contributed by atoms with Gasteiger partial charge in [0, 0.05) is 17.7 Å². The van der Waals surface area contributed by atoms with Crippen LogP contribution in [0.4, 0.5) is 0 Å². The molecule has 1 heterocycles. The van der Waals surface area contributed by atoms with Crippen LogP contribution in [0.15, 0.2) is 91.1 Å². The van der Waals surface area contributed by atoms with Crippen LogP contribution in [0, 0.1) is 0 Å². The number of rotatable bonds is 8. The molecule has 0 saturated heterocycles. The summed E-state index contributed by atoms with van der Waals surface area (Å²) in [6, 6.07) is 19.2. The number of aromatic nitrogens is 3. The van der Waals surface area contributed by atoms with Gasteiger partial charge in [-0.25, -0.2) is 0 Å². The van der Waals surface area contributed by atoms with Crippen molar-refractivity contribution in [3.8, 4) is 11.4 Å². The highest BCUT2D eigenvalue weighted by molar-refractivity contribution is 5.73. The third kappa shape index (κ3) is 6.11. The van der Waals surface area contributed by atoms with Crippen LogP contribution in [0.25, 0.3) is 22.7 Å². The maximum Gasteiger partial charge on any atom is 0.168 e. The van der Waals surface area contributed by atoms with Crippen LogP contribution in [0.1, 0.15) is 64.9 Å². The number of hydrogen-bond acceptors (Lipinski definition) is 2. The van der Waals surface area contributed by atoms with Crippen molar-refractivity contribution < 1.29 is 0 Å². The Morgan fingerprint density at radius 3 is 2.24 bits per heavy atom. The molecule has 3 heteroatoms. The summed E-state index contributed by atoms with van der Waals surface area (Å²) in [6.45, 7) is 13.0. The Morgan fingerprint density at radius 1 is 0.941 bits per heavy atom. The lowest BCUT2D eigenvalue weighted by atomic mass is 9.86. The predicted octanol–water partition coefficient (Wildman–Crippen LogP) is 8.27. The van der Waals surface area contributed by atoms with Crippen LogP contribution in [0.2, 0.25) is 0 Å². The summed E-state index contributed by atoms with van der Waals surface area (Å²) in [7, 11) is 0. The first-order valence-corrected chi connectivity index (χ1v) is 12.1. The van der Waals surface area contributed by atoms with Crippen LogP contribution >= 0.6 is 0 Å². The fraction of sp³-hybridized carbons (Fsp3) is 0.290. The van der Waals surface area contributed by atoms with Crippen LogP contribution < -0.4 is 0 Å². The molecule has 0 bridgehead atoms. The molecule has 0 unspecified atom stereocenters. The van der Waals surface area contributed by atoms with E-state index in [2.05, 4.69) is 134 Å². The van der Waals surface area contributed by atoms with Crippen LogP contribution in [-0.4, -0.2) is 14.8 Å². The van der Waals surface area contributed by atoms with Gasteiger partial charge in [-0.2, -0.15) is 0 Å². The Morgan fingerprint density at radius 2 is 1.65 bits per heavy atom. The van der Waals surface area contributed by atoms with Crippen molar-refractivity contribution in [1.82, 2.24) is 14.8 Å². The van der Waals surface area contributed by atoms with Gasteiger partial charge in [0.05, 0.1) is 0 Å². The molecule has 3 aromatic rings. The van der Waals surface area contributed by atoms with Gasteiger partial charge in [-0.1, -0.05) is 113 Å². The van der Waals surface area contributed by atoms with Crippen LogP contribution in [0.5, 0.6) is 0 Å². The minimum atomic E-state index is 0.117. The fourth-order valence-corrected chi connectivity index (χ4v) is 3.90. The lowest BCUT2D eigenvalue weighted by molar-refractivity contribution is 0.590. The van der Waals surface area contributed by atoms with Gasteiger partial charge in [-0.05, 0) is 48.5 Å². The molecule has 2 aromatic carbocycles. The quantitative estimate of drug-likeness (QED) is 0.323. The van der Waals surface area contributed by atoms with Crippen molar-refractivity contribution in [2.24, 2.45) is 0 Å². The zero-order valence-electron chi connectivity index (χ0n) is 21.4. The third-order valence-corrected chi connectivity index (χ3v) is 5.89. The van der Waals surface area contributed by atoms with E-state index in [-0.39, 0.29) is 5.41 Å². The topological polar surface area (TPSA) is 30.7 Å². The van der Waals surface area contributed by atoms with E-state index in [1.54, 1.807) is 0 Å². The normalized spacial score (nSPS) is 13.4. The smallest absolute Gasteiger partial charge is 0.168 e. The maximum absolute atomic E-state index is 4.63. The molecular weight excluding hydrogens is 414 g/mol. The van der Waals surface area contributed by atoms with Gasteiger partial charge in [-0.3, -0.25) is 4.57 Å². The molecule has 0 aliphatic carbocycles. The molecule has 3 nitrogen and oxygen atoms in total. The molecule has 0 N–H and O–H groups in total. The van der Waals surface area contributed by atoms with Crippen LogP contribution in [0.3, 0.4) is 0 Å². The minimum absolute atomic E-state index is 0.117. The van der Waals surface area contributed by atoms with Crippen molar-refractivity contribution in [2.45, 2.75) is 59.8 Å².